The first-order valence-corrected chi connectivity index (χ1v) is 10.4. The van der Waals surface area contributed by atoms with Crippen molar-refractivity contribution in [1.29, 1.82) is 0 Å². The second kappa shape index (κ2) is 7.66. The van der Waals surface area contributed by atoms with E-state index in [1.54, 1.807) is 21.7 Å². The maximum absolute atomic E-state index is 12.9. The molecule has 0 N–H and O–H groups in total. The Bertz CT molecular complexity index is 1130. The molecular weight excluding hydrogens is 384 g/mol. The van der Waals surface area contributed by atoms with Gasteiger partial charge in [0.15, 0.2) is 5.65 Å². The quantitative estimate of drug-likeness (QED) is 0.657. The number of fused-ring (bicyclic) bond motifs is 3. The zero-order chi connectivity index (χ0) is 21.5. The molecule has 1 aliphatic heterocycles. The Kier molecular flexibility index (Phi) is 5.17. The van der Waals surface area contributed by atoms with Gasteiger partial charge in [-0.3, -0.25) is 9.36 Å². The third-order valence-electron chi connectivity index (χ3n) is 5.27. The molecule has 0 saturated carbocycles. The van der Waals surface area contributed by atoms with Crippen LogP contribution >= 0.6 is 0 Å². The van der Waals surface area contributed by atoms with E-state index in [9.17, 15) is 9.59 Å². The van der Waals surface area contributed by atoms with Crippen molar-refractivity contribution in [2.75, 3.05) is 19.7 Å². The summed E-state index contributed by atoms with van der Waals surface area (Å²) in [6, 6.07) is 7.24. The van der Waals surface area contributed by atoms with Gasteiger partial charge in [-0.1, -0.05) is 6.07 Å². The lowest BCUT2D eigenvalue weighted by molar-refractivity contribution is 0.0188. The summed E-state index contributed by atoms with van der Waals surface area (Å²) >= 11 is 0. The fourth-order valence-corrected chi connectivity index (χ4v) is 4.02. The van der Waals surface area contributed by atoms with Gasteiger partial charge in [-0.2, -0.15) is 5.10 Å². The van der Waals surface area contributed by atoms with Gasteiger partial charge in [0.2, 0.25) is 0 Å². The molecule has 1 aromatic carbocycles. The van der Waals surface area contributed by atoms with Crippen LogP contribution in [0.15, 0.2) is 35.3 Å². The summed E-state index contributed by atoms with van der Waals surface area (Å²) in [6.45, 7) is 9.12. The smallest absolute Gasteiger partial charge is 0.410 e. The largest absolute Gasteiger partial charge is 0.493 e. The third kappa shape index (κ3) is 3.74. The van der Waals surface area contributed by atoms with Crippen LogP contribution in [0.3, 0.4) is 0 Å². The summed E-state index contributed by atoms with van der Waals surface area (Å²) < 4.78 is 14.9. The van der Waals surface area contributed by atoms with Crippen molar-refractivity contribution in [3.8, 4) is 5.75 Å². The summed E-state index contributed by atoms with van der Waals surface area (Å²) in [5.41, 5.74) is 0.915. The second-order valence-corrected chi connectivity index (χ2v) is 8.57. The molecule has 1 saturated heterocycles. The number of carbonyl (C=O) groups excluding carboxylic acids is 1. The summed E-state index contributed by atoms with van der Waals surface area (Å²) in [5.74, 6) is 0.718. The average molecular weight is 412 g/mol. The Morgan fingerprint density at radius 3 is 2.60 bits per heavy atom. The zero-order valence-electron chi connectivity index (χ0n) is 17.9. The minimum absolute atomic E-state index is 0.0329. The number of aromatic nitrogens is 3. The Labute approximate surface area is 175 Å². The van der Waals surface area contributed by atoms with Crippen molar-refractivity contribution in [2.24, 2.45) is 0 Å². The van der Waals surface area contributed by atoms with Crippen LogP contribution < -0.4 is 10.3 Å². The van der Waals surface area contributed by atoms with Crippen LogP contribution in [0, 0.1) is 0 Å². The van der Waals surface area contributed by atoms with E-state index < -0.39 is 5.60 Å². The van der Waals surface area contributed by atoms with Crippen molar-refractivity contribution in [2.45, 2.75) is 52.2 Å². The summed E-state index contributed by atoms with van der Waals surface area (Å²) in [5, 5.41) is 5.47. The number of piperidine rings is 1. The predicted octanol–water partition coefficient (Wildman–Crippen LogP) is 3.62. The lowest BCUT2D eigenvalue weighted by atomic mass is 10.0. The molecule has 8 heteroatoms. The summed E-state index contributed by atoms with van der Waals surface area (Å²) in [6.07, 6.45) is 2.73. The first-order chi connectivity index (χ1) is 14.3. The highest BCUT2D eigenvalue weighted by Gasteiger charge is 2.29. The Balaban J connectivity index is 1.70. The van der Waals surface area contributed by atoms with Crippen molar-refractivity contribution in [3.63, 3.8) is 0 Å². The van der Waals surface area contributed by atoms with E-state index in [0.717, 1.165) is 22.3 Å². The fraction of sp³-hybridized carbons (Fsp3) is 0.500. The first-order valence-electron chi connectivity index (χ1n) is 10.4. The van der Waals surface area contributed by atoms with E-state index in [4.69, 9.17) is 9.47 Å². The van der Waals surface area contributed by atoms with E-state index in [-0.39, 0.29) is 17.7 Å². The van der Waals surface area contributed by atoms with E-state index in [2.05, 4.69) is 5.10 Å². The topological polar surface area (TPSA) is 78.1 Å². The Morgan fingerprint density at radius 2 is 1.93 bits per heavy atom. The summed E-state index contributed by atoms with van der Waals surface area (Å²) in [7, 11) is 0. The highest BCUT2D eigenvalue weighted by atomic mass is 16.6. The molecule has 2 aromatic heterocycles. The molecule has 30 heavy (non-hydrogen) atoms. The molecule has 160 valence electrons. The predicted molar refractivity (Wildman–Crippen MR) is 114 cm³/mol. The highest BCUT2D eigenvalue weighted by molar-refractivity contribution is 5.97. The van der Waals surface area contributed by atoms with Crippen molar-refractivity contribution >= 4 is 22.6 Å². The number of likely N-dealkylation sites (tertiary alicyclic amines) is 1. The van der Waals surface area contributed by atoms with Gasteiger partial charge in [-0.15, -0.1) is 0 Å². The minimum atomic E-state index is -0.525. The highest BCUT2D eigenvalue weighted by Crippen LogP contribution is 2.32. The number of ether oxygens (including phenoxy) is 2. The lowest BCUT2D eigenvalue weighted by Crippen LogP contribution is -2.43. The average Bonchev–Trinajstić information content (AvgIpc) is 3.07. The van der Waals surface area contributed by atoms with Gasteiger partial charge in [-0.25, -0.2) is 9.31 Å². The molecule has 0 atom stereocenters. The number of hydrogen-bond donors (Lipinski definition) is 0. The molecule has 1 fully saturated rings. The van der Waals surface area contributed by atoms with Gasteiger partial charge in [0.25, 0.3) is 5.56 Å². The number of nitrogens with zero attached hydrogens (tertiary/aromatic N) is 4. The molecule has 1 aliphatic rings. The van der Waals surface area contributed by atoms with Crippen molar-refractivity contribution in [3.05, 3.63) is 40.8 Å². The SMILES string of the molecule is CCOc1cccc2nn3ccc(=O)n(C4CCN(C(=O)OC(C)(C)C)CC4)c3c12. The molecule has 1 amide bonds. The van der Waals surface area contributed by atoms with Gasteiger partial charge < -0.3 is 14.4 Å². The monoisotopic (exact) mass is 412 g/mol. The minimum Gasteiger partial charge on any atom is -0.493 e. The number of amides is 1. The fourth-order valence-electron chi connectivity index (χ4n) is 4.02. The van der Waals surface area contributed by atoms with E-state index in [1.807, 2.05) is 50.5 Å². The molecule has 0 aliphatic carbocycles. The molecule has 0 bridgehead atoms. The van der Waals surface area contributed by atoms with Crippen molar-refractivity contribution in [1.82, 2.24) is 19.1 Å². The van der Waals surface area contributed by atoms with Crippen molar-refractivity contribution < 1.29 is 14.3 Å². The van der Waals surface area contributed by atoms with Crippen LogP contribution in [0.4, 0.5) is 4.79 Å². The molecule has 0 spiro atoms. The Morgan fingerprint density at radius 1 is 1.20 bits per heavy atom. The molecule has 3 aromatic rings. The molecule has 0 radical (unpaired) electrons. The molecular formula is C22H28N4O4. The standard InChI is InChI=1S/C22H28N4O4/c1-5-29-17-8-6-7-16-19(17)20-25(23-16)14-11-18(27)26(20)15-9-12-24(13-10-15)21(28)30-22(2,3)4/h6-8,11,14-15H,5,9-10,12-13H2,1-4H3. The summed E-state index contributed by atoms with van der Waals surface area (Å²) in [4.78, 5) is 27.0. The molecule has 3 heterocycles. The van der Waals surface area contributed by atoms with Gasteiger partial charge in [0.05, 0.1) is 17.5 Å². The normalized spacial score (nSPS) is 15.7. The maximum atomic E-state index is 12.9. The zero-order valence-corrected chi connectivity index (χ0v) is 17.9. The number of benzene rings is 1. The molecule has 4 rings (SSSR count). The molecule has 0 unspecified atom stereocenters. The second-order valence-electron chi connectivity index (χ2n) is 8.57. The van der Waals surface area contributed by atoms with E-state index >= 15 is 0 Å². The van der Waals surface area contributed by atoms with E-state index in [0.29, 0.717) is 32.5 Å². The number of hydrogen-bond acceptors (Lipinski definition) is 5. The van der Waals surface area contributed by atoms with Crippen LogP contribution in [0.2, 0.25) is 0 Å². The van der Waals surface area contributed by atoms with Crippen LogP contribution in [0.25, 0.3) is 16.6 Å². The first kappa shape index (κ1) is 20.3. The van der Waals surface area contributed by atoms with Crippen LogP contribution in [0.5, 0.6) is 5.75 Å². The lowest BCUT2D eigenvalue weighted by Gasteiger charge is -2.34. The number of carbonyl (C=O) groups is 1. The van der Waals surface area contributed by atoms with Gasteiger partial charge in [0.1, 0.15) is 11.4 Å². The van der Waals surface area contributed by atoms with Crippen LogP contribution in [0.1, 0.15) is 46.6 Å². The Hall–Kier alpha value is -3.03. The van der Waals surface area contributed by atoms with Gasteiger partial charge in [-0.05, 0) is 52.7 Å². The van der Waals surface area contributed by atoms with Gasteiger partial charge >= 0.3 is 6.09 Å². The number of rotatable bonds is 3. The molecule has 8 nitrogen and oxygen atoms in total. The van der Waals surface area contributed by atoms with E-state index in [1.165, 1.54) is 0 Å². The van der Waals surface area contributed by atoms with Gasteiger partial charge in [0, 0.05) is 31.4 Å². The van der Waals surface area contributed by atoms with Crippen LogP contribution in [-0.4, -0.2) is 50.5 Å². The maximum Gasteiger partial charge on any atom is 0.410 e. The third-order valence-corrected chi connectivity index (χ3v) is 5.27. The van der Waals surface area contributed by atoms with Crippen LogP contribution in [-0.2, 0) is 4.74 Å².